The van der Waals surface area contributed by atoms with Crippen LogP contribution in [0.4, 0.5) is 10.7 Å². The van der Waals surface area contributed by atoms with Crippen LogP contribution in [-0.4, -0.2) is 49.0 Å². The zero-order valence-electron chi connectivity index (χ0n) is 13.3. The molecule has 0 radical (unpaired) electrons. The van der Waals surface area contributed by atoms with Gasteiger partial charge in [0.2, 0.25) is 11.8 Å². The molecule has 0 aliphatic rings. The van der Waals surface area contributed by atoms with Gasteiger partial charge in [-0.15, -0.1) is 0 Å². The molecule has 0 aliphatic heterocycles. The molecule has 134 valence electrons. The number of carbonyl (C=O) groups is 2. The van der Waals surface area contributed by atoms with E-state index in [1.165, 1.54) is 13.2 Å². The maximum atomic E-state index is 12.2. The highest BCUT2D eigenvalue weighted by atomic mass is 32.2. The van der Waals surface area contributed by atoms with Crippen molar-refractivity contribution in [3.63, 3.8) is 0 Å². The Morgan fingerprint density at radius 3 is 2.60 bits per heavy atom. The zero-order chi connectivity index (χ0) is 18.6. The van der Waals surface area contributed by atoms with E-state index in [0.29, 0.717) is 5.69 Å². The van der Waals surface area contributed by atoms with E-state index in [0.717, 1.165) is 24.0 Å². The second-order valence-corrected chi connectivity index (χ2v) is 6.73. The van der Waals surface area contributed by atoms with Gasteiger partial charge in [-0.25, -0.2) is 27.7 Å². The van der Waals surface area contributed by atoms with Gasteiger partial charge in [-0.3, -0.25) is 5.32 Å². The molecule has 2 heterocycles. The lowest BCUT2D eigenvalue weighted by atomic mass is 10.4. The van der Waals surface area contributed by atoms with Crippen LogP contribution in [0.3, 0.4) is 0 Å². The van der Waals surface area contributed by atoms with Crippen LogP contribution < -0.4 is 14.8 Å². The third-order valence-corrected chi connectivity index (χ3v) is 4.82. The maximum absolute atomic E-state index is 12.2. The summed E-state index contributed by atoms with van der Waals surface area (Å²) in [6.45, 7) is 1.64. The lowest BCUT2D eigenvalue weighted by Crippen LogP contribution is -2.35. The summed E-state index contributed by atoms with van der Waals surface area (Å²) in [6.07, 6.45) is 0. The number of aromatic nitrogens is 3. The zero-order valence-corrected chi connectivity index (χ0v) is 14.9. The number of aryl methyl sites for hydroxylation is 1. The predicted octanol–water partition coefficient (Wildman–Crippen LogP) is 0.547. The van der Waals surface area contributed by atoms with Crippen LogP contribution in [0.25, 0.3) is 0 Å². The van der Waals surface area contributed by atoms with E-state index in [-0.39, 0.29) is 11.8 Å². The molecule has 0 saturated heterocycles. The first-order chi connectivity index (χ1) is 11.8. The molecule has 0 atom stereocenters. The molecule has 13 heteroatoms. The van der Waals surface area contributed by atoms with Crippen molar-refractivity contribution in [2.75, 3.05) is 19.5 Å². The Morgan fingerprint density at radius 1 is 1.24 bits per heavy atom. The quantitative estimate of drug-likeness (QED) is 0.701. The fourth-order valence-electron chi connectivity index (χ4n) is 1.66. The summed E-state index contributed by atoms with van der Waals surface area (Å²) in [5.74, 6) is -0.893. The first-order valence-electron chi connectivity index (χ1n) is 6.53. The van der Waals surface area contributed by atoms with Gasteiger partial charge < -0.3 is 9.47 Å². The van der Waals surface area contributed by atoms with Crippen LogP contribution in [-0.2, 0) is 14.8 Å². The highest BCUT2D eigenvalue weighted by molar-refractivity contribution is 7.90. The summed E-state index contributed by atoms with van der Waals surface area (Å²) in [5, 5.41) is 3.28. The van der Waals surface area contributed by atoms with Crippen LogP contribution in [0, 0.1) is 6.92 Å². The van der Waals surface area contributed by atoms with E-state index in [1.54, 1.807) is 11.6 Å². The molecule has 2 amide bonds. The van der Waals surface area contributed by atoms with E-state index in [4.69, 9.17) is 4.74 Å². The molecule has 2 rings (SSSR count). The number of nitrogens with one attached hydrogen (secondary N) is 2. The monoisotopic (exact) mass is 387 g/mol. The topological polar surface area (TPSA) is 149 Å². The predicted molar refractivity (Wildman–Crippen MR) is 86.1 cm³/mol. The van der Waals surface area contributed by atoms with Crippen LogP contribution >= 0.6 is 11.5 Å². The Kier molecular flexibility index (Phi) is 5.48. The fraction of sp³-hybridized carbons (Fsp3) is 0.250. The van der Waals surface area contributed by atoms with E-state index in [2.05, 4.69) is 24.4 Å². The van der Waals surface area contributed by atoms with Crippen molar-refractivity contribution in [1.29, 1.82) is 0 Å². The Hall–Kier alpha value is -2.80. The third-order valence-electron chi connectivity index (χ3n) is 2.70. The highest BCUT2D eigenvalue weighted by Crippen LogP contribution is 2.18. The van der Waals surface area contributed by atoms with Crippen LogP contribution in [0.1, 0.15) is 16.2 Å². The summed E-state index contributed by atoms with van der Waals surface area (Å²) in [6, 6.07) is 0.411. The normalized spacial score (nSPS) is 10.8. The summed E-state index contributed by atoms with van der Waals surface area (Å²) in [7, 11) is -1.88. The Morgan fingerprint density at radius 2 is 1.96 bits per heavy atom. The van der Waals surface area contributed by atoms with Gasteiger partial charge in [0.1, 0.15) is 4.90 Å². The molecule has 0 aliphatic carbocycles. The van der Waals surface area contributed by atoms with E-state index < -0.39 is 32.6 Å². The molecule has 2 aromatic heterocycles. The van der Waals surface area contributed by atoms with Crippen molar-refractivity contribution >= 4 is 39.5 Å². The van der Waals surface area contributed by atoms with Gasteiger partial charge >= 0.3 is 12.0 Å². The van der Waals surface area contributed by atoms with Crippen molar-refractivity contribution in [1.82, 2.24) is 19.1 Å². The number of esters is 1. The van der Waals surface area contributed by atoms with Gasteiger partial charge in [-0.2, -0.15) is 9.36 Å². The minimum absolute atomic E-state index is 0.152. The molecule has 2 aromatic rings. The van der Waals surface area contributed by atoms with Crippen molar-refractivity contribution in [3.05, 3.63) is 22.8 Å². The fourth-order valence-corrected chi connectivity index (χ4v) is 3.68. The van der Waals surface area contributed by atoms with Crippen molar-refractivity contribution in [3.8, 4) is 5.88 Å². The number of urea groups is 1. The Labute approximate surface area is 146 Å². The second-order valence-electron chi connectivity index (χ2n) is 4.45. The summed E-state index contributed by atoms with van der Waals surface area (Å²) in [4.78, 5) is 30.8. The minimum Gasteiger partial charge on any atom is -0.481 e. The molecule has 0 aromatic carbocycles. The summed E-state index contributed by atoms with van der Waals surface area (Å²) < 4.78 is 39.3. The Balaban J connectivity index is 2.19. The average molecular weight is 387 g/mol. The van der Waals surface area contributed by atoms with Gasteiger partial charge in [0, 0.05) is 17.1 Å². The second kappa shape index (κ2) is 7.40. The van der Waals surface area contributed by atoms with Crippen LogP contribution in [0.15, 0.2) is 16.3 Å². The minimum atomic E-state index is -4.35. The number of hydrogen-bond donors (Lipinski definition) is 2. The number of amides is 2. The van der Waals surface area contributed by atoms with Gasteiger partial charge in [-0.05, 0) is 18.5 Å². The van der Waals surface area contributed by atoms with Crippen LogP contribution in [0.5, 0.6) is 5.88 Å². The average Bonchev–Trinajstić information content (AvgIpc) is 3.03. The lowest BCUT2D eigenvalue weighted by molar-refractivity contribution is 0.0591. The molecule has 0 unspecified atom stereocenters. The van der Waals surface area contributed by atoms with E-state index in [9.17, 15) is 18.0 Å². The smallest absolute Gasteiger partial charge is 0.359 e. The lowest BCUT2D eigenvalue weighted by Gasteiger charge is -2.08. The number of carbonyl (C=O) groups excluding carboxylic acids is 2. The number of anilines is 1. The molecular weight excluding hydrogens is 374 g/mol. The maximum Gasteiger partial charge on any atom is 0.359 e. The summed E-state index contributed by atoms with van der Waals surface area (Å²) >= 11 is 0.732. The number of sulfonamides is 1. The molecule has 11 nitrogen and oxygen atoms in total. The first-order valence-corrected chi connectivity index (χ1v) is 8.85. The molecular formula is C12H13N5O6S2. The molecule has 0 fully saturated rings. The largest absolute Gasteiger partial charge is 0.481 e. The van der Waals surface area contributed by atoms with E-state index in [1.807, 2.05) is 0 Å². The van der Waals surface area contributed by atoms with E-state index >= 15 is 0 Å². The standard InChI is InChI=1S/C12H13N5O6S2/c1-6-4-8(22-2)14-11(13-6)15-12(19)17-25(20,21)7-5-24-16-9(7)10(18)23-3/h4-5H,1-3H3,(H2,13,14,15,17,19). The number of nitrogens with zero attached hydrogens (tertiary/aromatic N) is 3. The number of rotatable bonds is 5. The SMILES string of the molecule is COC(=O)c1nscc1S(=O)(=O)NC(=O)Nc1nc(C)cc(OC)n1. The molecule has 0 bridgehead atoms. The van der Waals surface area contributed by atoms with Gasteiger partial charge in [0.25, 0.3) is 10.0 Å². The molecule has 25 heavy (non-hydrogen) atoms. The van der Waals surface area contributed by atoms with Gasteiger partial charge in [-0.1, -0.05) is 0 Å². The molecule has 2 N–H and O–H groups in total. The number of methoxy groups -OCH3 is 2. The van der Waals surface area contributed by atoms with Gasteiger partial charge in [0.15, 0.2) is 5.69 Å². The van der Waals surface area contributed by atoms with Crippen molar-refractivity contribution < 1.29 is 27.5 Å². The molecule has 0 spiro atoms. The molecule has 0 saturated carbocycles. The third kappa shape index (κ3) is 4.39. The van der Waals surface area contributed by atoms with Gasteiger partial charge in [0.05, 0.1) is 14.2 Å². The number of hydrogen-bond acceptors (Lipinski definition) is 10. The summed E-state index contributed by atoms with van der Waals surface area (Å²) in [5.41, 5.74) is 0.0845. The van der Waals surface area contributed by atoms with Crippen molar-refractivity contribution in [2.24, 2.45) is 0 Å². The van der Waals surface area contributed by atoms with Crippen molar-refractivity contribution in [2.45, 2.75) is 11.8 Å². The highest BCUT2D eigenvalue weighted by Gasteiger charge is 2.28. The van der Waals surface area contributed by atoms with Crippen LogP contribution in [0.2, 0.25) is 0 Å². The number of ether oxygens (including phenoxy) is 2. The Bertz CT molecular complexity index is 910. The first kappa shape index (κ1) is 18.5.